The highest BCUT2D eigenvalue weighted by atomic mass is 15.2. The van der Waals surface area contributed by atoms with Gasteiger partial charge in [0, 0.05) is 30.7 Å². The highest BCUT2D eigenvalue weighted by Crippen LogP contribution is 2.24. The lowest BCUT2D eigenvalue weighted by Crippen LogP contribution is -2.43. The summed E-state index contributed by atoms with van der Waals surface area (Å²) in [4.78, 5) is 2.71. The molecule has 1 rings (SSSR count). The molecule has 17 heavy (non-hydrogen) atoms. The molecule has 1 fully saturated rings. The minimum Gasteiger partial charge on any atom is -0.312 e. The molecule has 0 aliphatic carbocycles. The Hall–Kier alpha value is -0.0800. The first-order valence-electron chi connectivity index (χ1n) is 7.43. The van der Waals surface area contributed by atoms with E-state index in [4.69, 9.17) is 0 Å². The maximum Gasteiger partial charge on any atom is 0.0121 e. The summed E-state index contributed by atoms with van der Waals surface area (Å²) < 4.78 is 0. The monoisotopic (exact) mass is 240 g/mol. The van der Waals surface area contributed by atoms with E-state index in [1.165, 1.54) is 25.8 Å². The van der Waals surface area contributed by atoms with Gasteiger partial charge in [-0.3, -0.25) is 4.90 Å². The van der Waals surface area contributed by atoms with Crippen molar-refractivity contribution < 1.29 is 0 Å². The fourth-order valence-electron chi connectivity index (χ4n) is 3.15. The molecule has 0 aromatic heterocycles. The maximum absolute atomic E-state index is 3.71. The average Bonchev–Trinajstić information content (AvgIpc) is 2.39. The zero-order valence-electron chi connectivity index (χ0n) is 12.7. The van der Waals surface area contributed by atoms with Crippen LogP contribution in [0.1, 0.15) is 60.8 Å². The quantitative estimate of drug-likeness (QED) is 0.811. The fourth-order valence-corrected chi connectivity index (χ4v) is 3.15. The van der Waals surface area contributed by atoms with Crippen LogP contribution in [0.25, 0.3) is 0 Å². The second kappa shape index (κ2) is 6.75. The van der Waals surface area contributed by atoms with Gasteiger partial charge in [-0.2, -0.15) is 0 Å². The van der Waals surface area contributed by atoms with Crippen LogP contribution in [-0.4, -0.2) is 35.6 Å². The van der Waals surface area contributed by atoms with Crippen LogP contribution in [0.2, 0.25) is 0 Å². The Morgan fingerprint density at radius 1 is 0.941 bits per heavy atom. The van der Waals surface area contributed by atoms with Crippen LogP contribution >= 0.6 is 0 Å². The van der Waals surface area contributed by atoms with Gasteiger partial charge in [-0.1, -0.05) is 27.7 Å². The van der Waals surface area contributed by atoms with Gasteiger partial charge in [0.15, 0.2) is 0 Å². The SMILES string of the molecule is CC(C)NC1CCC(C(C)C)N(C(C)C)CC1. The first kappa shape index (κ1) is 15.0. The summed E-state index contributed by atoms with van der Waals surface area (Å²) >= 11 is 0. The van der Waals surface area contributed by atoms with E-state index in [9.17, 15) is 0 Å². The van der Waals surface area contributed by atoms with Gasteiger partial charge in [0.05, 0.1) is 0 Å². The van der Waals surface area contributed by atoms with Crippen molar-refractivity contribution in [1.29, 1.82) is 0 Å². The van der Waals surface area contributed by atoms with Crippen molar-refractivity contribution in [3.63, 3.8) is 0 Å². The van der Waals surface area contributed by atoms with E-state index in [-0.39, 0.29) is 0 Å². The smallest absolute Gasteiger partial charge is 0.0121 e. The molecule has 102 valence electrons. The highest BCUT2D eigenvalue weighted by molar-refractivity contribution is 4.85. The summed E-state index contributed by atoms with van der Waals surface area (Å²) in [6.45, 7) is 15.2. The van der Waals surface area contributed by atoms with Crippen LogP contribution in [0.15, 0.2) is 0 Å². The van der Waals surface area contributed by atoms with Crippen molar-refractivity contribution in [1.82, 2.24) is 10.2 Å². The van der Waals surface area contributed by atoms with Gasteiger partial charge in [-0.15, -0.1) is 0 Å². The van der Waals surface area contributed by atoms with Gasteiger partial charge < -0.3 is 5.32 Å². The van der Waals surface area contributed by atoms with E-state index < -0.39 is 0 Å². The van der Waals surface area contributed by atoms with Crippen LogP contribution in [0.4, 0.5) is 0 Å². The number of likely N-dealkylation sites (tertiary alicyclic amines) is 1. The van der Waals surface area contributed by atoms with Gasteiger partial charge >= 0.3 is 0 Å². The van der Waals surface area contributed by atoms with Crippen molar-refractivity contribution in [3.05, 3.63) is 0 Å². The molecule has 2 atom stereocenters. The van der Waals surface area contributed by atoms with E-state index >= 15 is 0 Å². The van der Waals surface area contributed by atoms with Gasteiger partial charge in [-0.25, -0.2) is 0 Å². The molecule has 2 heteroatoms. The Morgan fingerprint density at radius 3 is 2.06 bits per heavy atom. The van der Waals surface area contributed by atoms with Crippen molar-refractivity contribution in [2.45, 2.75) is 85.0 Å². The Kier molecular flexibility index (Phi) is 5.94. The Labute approximate surface area is 108 Å². The molecule has 0 aromatic rings. The Bertz CT molecular complexity index is 193. The minimum absolute atomic E-state index is 0.614. The molecule has 0 bridgehead atoms. The second-order valence-corrected chi connectivity index (χ2v) is 6.53. The molecule has 2 unspecified atom stereocenters. The number of rotatable bonds is 4. The van der Waals surface area contributed by atoms with E-state index in [1.54, 1.807) is 0 Å². The third kappa shape index (κ3) is 4.59. The van der Waals surface area contributed by atoms with Gasteiger partial charge in [0.1, 0.15) is 0 Å². The minimum atomic E-state index is 0.614. The van der Waals surface area contributed by atoms with Crippen LogP contribution in [0.3, 0.4) is 0 Å². The molecule has 2 nitrogen and oxygen atoms in total. The molecule has 0 radical (unpaired) electrons. The number of nitrogens with zero attached hydrogens (tertiary/aromatic N) is 1. The zero-order valence-corrected chi connectivity index (χ0v) is 12.7. The third-order valence-electron chi connectivity index (χ3n) is 3.97. The average molecular weight is 240 g/mol. The van der Waals surface area contributed by atoms with Gasteiger partial charge in [-0.05, 0) is 39.0 Å². The second-order valence-electron chi connectivity index (χ2n) is 6.53. The molecule has 0 amide bonds. The van der Waals surface area contributed by atoms with Gasteiger partial charge in [0.2, 0.25) is 0 Å². The predicted molar refractivity (Wildman–Crippen MR) is 76.4 cm³/mol. The largest absolute Gasteiger partial charge is 0.312 e. The topological polar surface area (TPSA) is 15.3 Å². The number of hydrogen-bond acceptors (Lipinski definition) is 2. The first-order valence-corrected chi connectivity index (χ1v) is 7.43. The zero-order chi connectivity index (χ0) is 13.0. The van der Waals surface area contributed by atoms with Crippen molar-refractivity contribution in [2.24, 2.45) is 5.92 Å². The molecular weight excluding hydrogens is 208 g/mol. The lowest BCUT2D eigenvalue weighted by Gasteiger charge is -2.35. The highest BCUT2D eigenvalue weighted by Gasteiger charge is 2.28. The molecule has 1 N–H and O–H groups in total. The van der Waals surface area contributed by atoms with Crippen molar-refractivity contribution >= 4 is 0 Å². The van der Waals surface area contributed by atoms with Gasteiger partial charge in [0.25, 0.3) is 0 Å². The fraction of sp³-hybridized carbons (Fsp3) is 1.00. The molecular formula is C15H32N2. The molecule has 1 aliphatic heterocycles. The maximum atomic E-state index is 3.71. The summed E-state index contributed by atoms with van der Waals surface area (Å²) in [6, 6.07) is 2.79. The number of hydrogen-bond donors (Lipinski definition) is 1. The molecule has 0 spiro atoms. The molecule has 0 saturated carbocycles. The predicted octanol–water partition coefficient (Wildman–Crippen LogP) is 3.27. The Morgan fingerprint density at radius 2 is 1.59 bits per heavy atom. The summed E-state index contributed by atoms with van der Waals surface area (Å²) in [5.74, 6) is 0.773. The van der Waals surface area contributed by atoms with Crippen molar-refractivity contribution in [3.8, 4) is 0 Å². The molecule has 1 saturated heterocycles. The van der Waals surface area contributed by atoms with E-state index in [0.717, 1.165) is 18.0 Å². The Balaban J connectivity index is 2.62. The standard InChI is InChI=1S/C15H32N2/c1-11(2)15-8-7-14(16-12(3)4)9-10-17(15)13(5)6/h11-16H,7-10H2,1-6H3. The molecule has 1 heterocycles. The van der Waals surface area contributed by atoms with Crippen molar-refractivity contribution in [2.75, 3.05) is 6.54 Å². The molecule has 1 aliphatic rings. The first-order chi connectivity index (χ1) is 7.91. The van der Waals surface area contributed by atoms with Crippen LogP contribution in [-0.2, 0) is 0 Å². The van der Waals surface area contributed by atoms with E-state index in [2.05, 4.69) is 51.8 Å². The lowest BCUT2D eigenvalue weighted by atomic mass is 9.96. The summed E-state index contributed by atoms with van der Waals surface area (Å²) in [6.07, 6.45) is 3.99. The van der Waals surface area contributed by atoms with Crippen LogP contribution in [0, 0.1) is 5.92 Å². The van der Waals surface area contributed by atoms with E-state index in [1.807, 2.05) is 0 Å². The normalized spacial score (nSPS) is 28.1. The number of nitrogens with one attached hydrogen (secondary N) is 1. The van der Waals surface area contributed by atoms with Crippen LogP contribution < -0.4 is 5.32 Å². The third-order valence-corrected chi connectivity index (χ3v) is 3.97. The lowest BCUT2D eigenvalue weighted by molar-refractivity contribution is 0.121. The molecule has 0 aromatic carbocycles. The summed E-state index contributed by atoms with van der Waals surface area (Å²) in [5, 5.41) is 3.71. The summed E-state index contributed by atoms with van der Waals surface area (Å²) in [7, 11) is 0. The summed E-state index contributed by atoms with van der Waals surface area (Å²) in [5.41, 5.74) is 0. The van der Waals surface area contributed by atoms with E-state index in [0.29, 0.717) is 12.1 Å². The van der Waals surface area contributed by atoms with Crippen LogP contribution in [0.5, 0.6) is 0 Å².